The first-order valence-electron chi connectivity index (χ1n) is 10.1. The highest BCUT2D eigenvalue weighted by molar-refractivity contribution is 6.45. The van der Waals surface area contributed by atoms with Crippen LogP contribution in [0.3, 0.4) is 0 Å². The van der Waals surface area contributed by atoms with Crippen LogP contribution in [0.25, 0.3) is 5.57 Å². The molecule has 0 bridgehead atoms. The minimum absolute atomic E-state index is 0.248. The number of aryl methyl sites for hydroxylation is 2. The van der Waals surface area contributed by atoms with E-state index in [4.69, 9.17) is 9.47 Å². The van der Waals surface area contributed by atoms with E-state index >= 15 is 0 Å². The van der Waals surface area contributed by atoms with Gasteiger partial charge in [-0.2, -0.15) is 0 Å². The number of hydrogen-bond donors (Lipinski definition) is 0. The highest BCUT2D eigenvalue weighted by atomic mass is 19.1. The number of amides is 2. The highest BCUT2D eigenvalue weighted by Crippen LogP contribution is 2.36. The molecular weight excluding hydrogens is 399 g/mol. The Morgan fingerprint density at radius 2 is 1.52 bits per heavy atom. The van der Waals surface area contributed by atoms with Crippen LogP contribution in [-0.2, 0) is 19.1 Å². The SMILES string of the molecule is COCCN(CCOC)C1=C(c2ccc(F)cc2)C(=O)N(c2cc(C)ccc2C)C1=O. The normalized spacial score (nSPS) is 14.0. The molecule has 0 radical (unpaired) electrons. The van der Waals surface area contributed by atoms with Gasteiger partial charge in [-0.25, -0.2) is 9.29 Å². The van der Waals surface area contributed by atoms with Crippen LogP contribution in [0.15, 0.2) is 48.2 Å². The van der Waals surface area contributed by atoms with Crippen LogP contribution >= 0.6 is 0 Å². The number of halogens is 1. The number of ether oxygens (including phenoxy) is 2. The molecule has 3 rings (SSSR count). The van der Waals surface area contributed by atoms with Gasteiger partial charge in [0.1, 0.15) is 11.5 Å². The lowest BCUT2D eigenvalue weighted by Gasteiger charge is -2.26. The predicted octanol–water partition coefficient (Wildman–Crippen LogP) is 3.32. The summed E-state index contributed by atoms with van der Waals surface area (Å²) < 4.78 is 24.0. The van der Waals surface area contributed by atoms with Crippen molar-refractivity contribution in [1.82, 2.24) is 4.90 Å². The van der Waals surface area contributed by atoms with Gasteiger partial charge in [-0.15, -0.1) is 0 Å². The van der Waals surface area contributed by atoms with Gasteiger partial charge in [-0.05, 0) is 48.7 Å². The molecule has 0 saturated heterocycles. The van der Waals surface area contributed by atoms with Crippen molar-refractivity contribution in [3.63, 3.8) is 0 Å². The molecular formula is C24H27FN2O4. The van der Waals surface area contributed by atoms with Crippen molar-refractivity contribution in [2.75, 3.05) is 45.4 Å². The molecule has 31 heavy (non-hydrogen) atoms. The van der Waals surface area contributed by atoms with Crippen molar-refractivity contribution in [2.24, 2.45) is 0 Å². The topological polar surface area (TPSA) is 59.1 Å². The number of methoxy groups -OCH3 is 2. The Kier molecular flexibility index (Phi) is 7.20. The quantitative estimate of drug-likeness (QED) is 0.576. The molecule has 0 unspecified atom stereocenters. The lowest BCUT2D eigenvalue weighted by Crippen LogP contribution is -2.38. The van der Waals surface area contributed by atoms with Crippen molar-refractivity contribution in [3.8, 4) is 0 Å². The van der Waals surface area contributed by atoms with E-state index < -0.39 is 17.6 Å². The van der Waals surface area contributed by atoms with Crippen molar-refractivity contribution >= 4 is 23.1 Å². The average molecular weight is 426 g/mol. The largest absolute Gasteiger partial charge is 0.383 e. The number of anilines is 1. The summed E-state index contributed by atoms with van der Waals surface area (Å²) >= 11 is 0. The molecule has 164 valence electrons. The minimum Gasteiger partial charge on any atom is -0.383 e. The van der Waals surface area contributed by atoms with Gasteiger partial charge in [-0.1, -0.05) is 24.3 Å². The maximum Gasteiger partial charge on any atom is 0.282 e. The Morgan fingerprint density at radius 3 is 2.10 bits per heavy atom. The second-order valence-electron chi connectivity index (χ2n) is 7.44. The van der Waals surface area contributed by atoms with Gasteiger partial charge in [0.15, 0.2) is 0 Å². The van der Waals surface area contributed by atoms with Gasteiger partial charge < -0.3 is 14.4 Å². The zero-order valence-electron chi connectivity index (χ0n) is 18.3. The monoisotopic (exact) mass is 426 g/mol. The number of carbonyl (C=O) groups is 2. The predicted molar refractivity (Wildman–Crippen MR) is 117 cm³/mol. The zero-order chi connectivity index (χ0) is 22.5. The van der Waals surface area contributed by atoms with Crippen LogP contribution in [-0.4, -0.2) is 57.2 Å². The van der Waals surface area contributed by atoms with E-state index in [9.17, 15) is 14.0 Å². The summed E-state index contributed by atoms with van der Waals surface area (Å²) in [6, 6.07) is 11.3. The number of nitrogens with zero attached hydrogens (tertiary/aromatic N) is 2. The number of rotatable bonds is 9. The van der Waals surface area contributed by atoms with E-state index in [1.807, 2.05) is 32.0 Å². The first-order chi connectivity index (χ1) is 14.9. The molecule has 1 aliphatic heterocycles. The average Bonchev–Trinajstić information content (AvgIpc) is 3.01. The van der Waals surface area contributed by atoms with Gasteiger partial charge in [0.05, 0.1) is 24.5 Å². The summed E-state index contributed by atoms with van der Waals surface area (Å²) in [7, 11) is 3.15. The second kappa shape index (κ2) is 9.85. The Morgan fingerprint density at radius 1 is 0.903 bits per heavy atom. The fourth-order valence-corrected chi connectivity index (χ4v) is 3.61. The molecule has 2 amide bonds. The minimum atomic E-state index is -0.430. The van der Waals surface area contributed by atoms with Gasteiger partial charge in [0, 0.05) is 27.3 Å². The van der Waals surface area contributed by atoms with E-state index in [0.29, 0.717) is 37.6 Å². The van der Waals surface area contributed by atoms with E-state index in [2.05, 4.69) is 0 Å². The number of imide groups is 1. The van der Waals surface area contributed by atoms with E-state index in [1.54, 1.807) is 19.1 Å². The number of benzene rings is 2. The second-order valence-corrected chi connectivity index (χ2v) is 7.44. The molecule has 1 aliphatic rings. The summed E-state index contributed by atoms with van der Waals surface area (Å²) in [4.78, 5) is 30.3. The fourth-order valence-electron chi connectivity index (χ4n) is 3.61. The smallest absolute Gasteiger partial charge is 0.282 e. The van der Waals surface area contributed by atoms with Crippen LogP contribution in [0.4, 0.5) is 10.1 Å². The van der Waals surface area contributed by atoms with Gasteiger partial charge in [0.25, 0.3) is 11.8 Å². The number of carbonyl (C=O) groups excluding carboxylic acids is 2. The van der Waals surface area contributed by atoms with Crippen LogP contribution in [0.1, 0.15) is 16.7 Å². The van der Waals surface area contributed by atoms with Gasteiger partial charge >= 0.3 is 0 Å². The first kappa shape index (κ1) is 22.7. The maximum absolute atomic E-state index is 13.6. The Bertz CT molecular complexity index is 993. The van der Waals surface area contributed by atoms with E-state index in [1.165, 1.54) is 29.2 Å². The van der Waals surface area contributed by atoms with E-state index in [-0.39, 0.29) is 11.3 Å². The third-order valence-electron chi connectivity index (χ3n) is 5.24. The van der Waals surface area contributed by atoms with Crippen molar-refractivity contribution < 1.29 is 23.5 Å². The molecule has 0 atom stereocenters. The molecule has 2 aromatic carbocycles. The molecule has 0 fully saturated rings. The van der Waals surface area contributed by atoms with Crippen molar-refractivity contribution in [2.45, 2.75) is 13.8 Å². The molecule has 0 spiro atoms. The van der Waals surface area contributed by atoms with E-state index in [0.717, 1.165) is 11.1 Å². The lowest BCUT2D eigenvalue weighted by molar-refractivity contribution is -0.120. The Hall–Kier alpha value is -3.03. The molecule has 0 aliphatic carbocycles. The highest BCUT2D eigenvalue weighted by Gasteiger charge is 2.42. The van der Waals surface area contributed by atoms with Gasteiger partial charge in [-0.3, -0.25) is 9.59 Å². The molecule has 7 heteroatoms. The summed E-state index contributed by atoms with van der Waals surface area (Å²) in [5.41, 5.74) is 3.30. The zero-order valence-corrected chi connectivity index (χ0v) is 18.3. The number of hydrogen-bond acceptors (Lipinski definition) is 5. The fraction of sp³-hybridized carbons (Fsp3) is 0.333. The molecule has 1 heterocycles. The third-order valence-corrected chi connectivity index (χ3v) is 5.24. The summed E-state index contributed by atoms with van der Waals surface area (Å²) in [6.07, 6.45) is 0. The Balaban J connectivity index is 2.16. The van der Waals surface area contributed by atoms with Crippen LogP contribution in [0, 0.1) is 19.7 Å². The summed E-state index contributed by atoms with van der Waals surface area (Å²) in [5, 5.41) is 0. The Labute approximate surface area is 181 Å². The summed E-state index contributed by atoms with van der Waals surface area (Å²) in [5.74, 6) is -1.25. The molecule has 0 saturated carbocycles. The van der Waals surface area contributed by atoms with Gasteiger partial charge in [0.2, 0.25) is 0 Å². The summed E-state index contributed by atoms with van der Waals surface area (Å²) in [6.45, 7) is 5.31. The molecule has 0 aromatic heterocycles. The maximum atomic E-state index is 13.6. The van der Waals surface area contributed by atoms with Crippen LogP contribution in [0.2, 0.25) is 0 Å². The molecule has 6 nitrogen and oxygen atoms in total. The van der Waals surface area contributed by atoms with Crippen molar-refractivity contribution in [3.05, 3.63) is 70.7 Å². The van der Waals surface area contributed by atoms with Crippen molar-refractivity contribution in [1.29, 1.82) is 0 Å². The molecule has 2 aromatic rings. The standard InChI is InChI=1S/C24H27FN2O4/c1-16-5-6-17(2)20(15-16)27-23(28)21(18-7-9-19(25)10-8-18)22(24(27)29)26(11-13-30-3)12-14-31-4/h5-10,15H,11-14H2,1-4H3. The van der Waals surface area contributed by atoms with Crippen LogP contribution < -0.4 is 4.90 Å². The lowest BCUT2D eigenvalue weighted by atomic mass is 10.0. The molecule has 0 N–H and O–H groups in total. The van der Waals surface area contributed by atoms with Crippen LogP contribution in [0.5, 0.6) is 0 Å². The third kappa shape index (κ3) is 4.68. The first-order valence-corrected chi connectivity index (χ1v) is 10.1.